The lowest BCUT2D eigenvalue weighted by Gasteiger charge is -2.17. The van der Waals surface area contributed by atoms with Gasteiger partial charge < -0.3 is 0 Å². The Balaban J connectivity index is 3.15. The average molecular weight is 280 g/mol. The van der Waals surface area contributed by atoms with Gasteiger partial charge in [0.25, 0.3) is 0 Å². The number of nitrogens with two attached hydrogens (primary N) is 1. The maximum absolute atomic E-state index is 13.7. The van der Waals surface area contributed by atoms with E-state index in [-0.39, 0.29) is 16.2 Å². The summed E-state index contributed by atoms with van der Waals surface area (Å²) >= 11 is 6.04. The monoisotopic (exact) mass is 279 g/mol. The van der Waals surface area contributed by atoms with E-state index in [9.17, 15) is 12.8 Å². The van der Waals surface area contributed by atoms with Crippen LogP contribution in [-0.4, -0.2) is 13.8 Å². The largest absolute Gasteiger partial charge is 0.238 e. The summed E-state index contributed by atoms with van der Waals surface area (Å²) in [5, 5.41) is 4.73. The van der Waals surface area contributed by atoms with Gasteiger partial charge in [0.1, 0.15) is 5.82 Å². The molecule has 0 fully saturated rings. The zero-order chi connectivity index (χ0) is 13.2. The molecule has 2 atom stereocenters. The van der Waals surface area contributed by atoms with Crippen LogP contribution in [-0.2, 0) is 10.0 Å². The Labute approximate surface area is 106 Å². The maximum Gasteiger partial charge on any atom is 0.238 e. The molecule has 96 valence electrons. The van der Waals surface area contributed by atoms with Crippen molar-refractivity contribution in [3.8, 4) is 0 Å². The molecule has 0 aliphatic heterocycles. The van der Waals surface area contributed by atoms with E-state index in [4.69, 9.17) is 16.7 Å². The van der Waals surface area contributed by atoms with E-state index < -0.39 is 15.8 Å². The van der Waals surface area contributed by atoms with Gasteiger partial charge in [-0.25, -0.2) is 17.9 Å². The van der Waals surface area contributed by atoms with E-state index in [1.807, 2.05) is 6.92 Å². The Morgan fingerprint density at radius 1 is 1.47 bits per heavy atom. The average Bonchev–Trinajstić information content (AvgIpc) is 2.25. The summed E-state index contributed by atoms with van der Waals surface area (Å²) in [4.78, 5) is -0.228. The Morgan fingerprint density at radius 3 is 2.47 bits per heavy atom. The highest BCUT2D eigenvalue weighted by atomic mass is 35.5. The van der Waals surface area contributed by atoms with Crippen LogP contribution in [0.25, 0.3) is 0 Å². The molecule has 0 bridgehead atoms. The SMILES string of the molecule is CCC(Cl)C(C)c1ccc(S(N)(=O)=O)cc1F. The molecule has 2 N–H and O–H groups in total. The van der Waals surface area contributed by atoms with E-state index in [0.717, 1.165) is 6.07 Å². The number of rotatable bonds is 4. The molecule has 0 aromatic heterocycles. The van der Waals surface area contributed by atoms with E-state index in [0.29, 0.717) is 12.0 Å². The number of halogens is 2. The number of hydrogen-bond acceptors (Lipinski definition) is 2. The van der Waals surface area contributed by atoms with Crippen molar-refractivity contribution in [1.29, 1.82) is 0 Å². The minimum atomic E-state index is -3.87. The summed E-state index contributed by atoms with van der Waals surface area (Å²) in [6.45, 7) is 3.71. The van der Waals surface area contributed by atoms with E-state index in [2.05, 4.69) is 0 Å². The van der Waals surface area contributed by atoms with Gasteiger partial charge >= 0.3 is 0 Å². The molecular weight excluding hydrogens is 265 g/mol. The summed E-state index contributed by atoms with van der Waals surface area (Å²) in [7, 11) is -3.87. The standard InChI is InChI=1S/C11H15ClFNO2S/c1-3-10(12)7(2)9-5-4-8(6-11(9)13)17(14,15)16/h4-7,10H,3H2,1-2H3,(H2,14,15,16). The van der Waals surface area contributed by atoms with Gasteiger partial charge in [-0.3, -0.25) is 0 Å². The molecule has 0 saturated carbocycles. The molecule has 0 amide bonds. The van der Waals surface area contributed by atoms with Crippen LogP contribution in [0.5, 0.6) is 0 Å². The van der Waals surface area contributed by atoms with Crippen molar-refractivity contribution in [3.05, 3.63) is 29.6 Å². The Bertz CT molecular complexity index is 504. The number of sulfonamides is 1. The predicted octanol–water partition coefficient (Wildman–Crippen LogP) is 2.59. The van der Waals surface area contributed by atoms with Crippen LogP contribution in [0, 0.1) is 5.82 Å². The smallest absolute Gasteiger partial charge is 0.225 e. The molecule has 0 heterocycles. The lowest BCUT2D eigenvalue weighted by atomic mass is 9.96. The Kier molecular flexibility index (Phi) is 4.52. The zero-order valence-electron chi connectivity index (χ0n) is 9.65. The van der Waals surface area contributed by atoms with Crippen molar-refractivity contribution in [2.45, 2.75) is 36.5 Å². The Hall–Kier alpha value is -0.650. The highest BCUT2D eigenvalue weighted by Crippen LogP contribution is 2.28. The fourth-order valence-corrected chi connectivity index (χ4v) is 2.26. The van der Waals surface area contributed by atoms with Gasteiger partial charge in [-0.05, 0) is 24.1 Å². The number of hydrogen-bond donors (Lipinski definition) is 1. The number of primary sulfonamides is 1. The lowest BCUT2D eigenvalue weighted by molar-refractivity contribution is 0.566. The third kappa shape index (κ3) is 3.40. The highest BCUT2D eigenvalue weighted by molar-refractivity contribution is 7.89. The van der Waals surface area contributed by atoms with Crippen LogP contribution in [0.15, 0.2) is 23.1 Å². The van der Waals surface area contributed by atoms with Crippen molar-refractivity contribution >= 4 is 21.6 Å². The van der Waals surface area contributed by atoms with E-state index in [1.54, 1.807) is 6.92 Å². The molecule has 0 aliphatic rings. The molecule has 6 heteroatoms. The van der Waals surface area contributed by atoms with Crippen molar-refractivity contribution in [2.24, 2.45) is 5.14 Å². The normalized spacial score (nSPS) is 15.6. The summed E-state index contributed by atoms with van der Waals surface area (Å²) < 4.78 is 35.8. The van der Waals surface area contributed by atoms with Gasteiger partial charge in [-0.1, -0.05) is 19.9 Å². The molecule has 1 aromatic carbocycles. The summed E-state index contributed by atoms with van der Waals surface area (Å²) in [5.74, 6) is -0.778. The highest BCUT2D eigenvalue weighted by Gasteiger charge is 2.20. The van der Waals surface area contributed by atoms with Crippen molar-refractivity contribution < 1.29 is 12.8 Å². The topological polar surface area (TPSA) is 60.2 Å². The van der Waals surface area contributed by atoms with Gasteiger partial charge in [0, 0.05) is 11.3 Å². The van der Waals surface area contributed by atoms with Crippen molar-refractivity contribution in [1.82, 2.24) is 0 Å². The third-order valence-electron chi connectivity index (χ3n) is 2.72. The first-order valence-corrected chi connectivity index (χ1v) is 7.22. The lowest BCUT2D eigenvalue weighted by Crippen LogP contribution is -2.14. The van der Waals surface area contributed by atoms with Gasteiger partial charge in [0.05, 0.1) is 4.90 Å². The minimum absolute atomic E-state index is 0.184. The van der Waals surface area contributed by atoms with Crippen molar-refractivity contribution in [2.75, 3.05) is 0 Å². The summed E-state index contributed by atoms with van der Waals surface area (Å²) in [6.07, 6.45) is 0.707. The van der Waals surface area contributed by atoms with Gasteiger partial charge in [0.15, 0.2) is 0 Å². The fraction of sp³-hybridized carbons (Fsp3) is 0.455. The van der Waals surface area contributed by atoms with Gasteiger partial charge in [-0.2, -0.15) is 0 Å². The van der Waals surface area contributed by atoms with Crippen LogP contribution < -0.4 is 5.14 Å². The molecule has 0 radical (unpaired) electrons. The van der Waals surface area contributed by atoms with Crippen LogP contribution in [0.4, 0.5) is 4.39 Å². The van der Waals surface area contributed by atoms with Crippen molar-refractivity contribution in [3.63, 3.8) is 0 Å². The Morgan fingerprint density at radius 2 is 2.06 bits per heavy atom. The summed E-state index contributed by atoms with van der Waals surface area (Å²) in [6, 6.07) is 3.65. The first-order valence-electron chi connectivity index (χ1n) is 5.23. The molecule has 1 aromatic rings. The minimum Gasteiger partial charge on any atom is -0.225 e. The van der Waals surface area contributed by atoms with E-state index in [1.165, 1.54) is 12.1 Å². The second kappa shape index (κ2) is 5.33. The van der Waals surface area contributed by atoms with Crippen LogP contribution in [0.2, 0.25) is 0 Å². The molecule has 2 unspecified atom stereocenters. The quantitative estimate of drug-likeness (QED) is 0.861. The zero-order valence-corrected chi connectivity index (χ0v) is 11.2. The third-order valence-corrected chi connectivity index (χ3v) is 4.32. The van der Waals surface area contributed by atoms with Crippen LogP contribution >= 0.6 is 11.6 Å². The molecular formula is C11H15ClFNO2S. The molecule has 0 saturated heterocycles. The van der Waals surface area contributed by atoms with Gasteiger partial charge in [0.2, 0.25) is 10.0 Å². The first kappa shape index (κ1) is 14.4. The molecule has 3 nitrogen and oxygen atoms in total. The first-order chi connectivity index (χ1) is 7.77. The predicted molar refractivity (Wildman–Crippen MR) is 66.1 cm³/mol. The van der Waals surface area contributed by atoms with Gasteiger partial charge in [-0.15, -0.1) is 11.6 Å². The second-order valence-corrected chi connectivity index (χ2v) is 6.06. The van der Waals surface area contributed by atoms with Crippen LogP contribution in [0.3, 0.4) is 0 Å². The fourth-order valence-electron chi connectivity index (χ4n) is 1.60. The molecule has 0 aliphatic carbocycles. The maximum atomic E-state index is 13.7. The van der Waals surface area contributed by atoms with Crippen LogP contribution in [0.1, 0.15) is 31.7 Å². The number of benzene rings is 1. The summed E-state index contributed by atoms with van der Waals surface area (Å²) in [5.41, 5.74) is 0.402. The second-order valence-electron chi connectivity index (χ2n) is 3.94. The van der Waals surface area contributed by atoms with E-state index >= 15 is 0 Å². The number of alkyl halides is 1. The molecule has 1 rings (SSSR count). The molecule has 0 spiro atoms. The molecule has 17 heavy (non-hydrogen) atoms.